The molecule has 0 radical (unpaired) electrons. The Balaban J connectivity index is 2.25. The number of amides is 1. The highest BCUT2D eigenvalue weighted by molar-refractivity contribution is 7.79. The van der Waals surface area contributed by atoms with Gasteiger partial charge in [-0.3, -0.25) is 0 Å². The SMILES string of the molecule is CC(C)(C)OC(=O)N1CCC(COCS(=O)O)CC1. The summed E-state index contributed by atoms with van der Waals surface area (Å²) >= 11 is -1.90. The molecule has 6 nitrogen and oxygen atoms in total. The molecule has 1 saturated heterocycles. The molecule has 0 aromatic rings. The fourth-order valence-electron chi connectivity index (χ4n) is 1.89. The van der Waals surface area contributed by atoms with Crippen molar-refractivity contribution in [3.05, 3.63) is 0 Å². The van der Waals surface area contributed by atoms with Crippen molar-refractivity contribution >= 4 is 17.2 Å². The van der Waals surface area contributed by atoms with Gasteiger partial charge in [0.15, 0.2) is 11.1 Å². The molecule has 1 N–H and O–H groups in total. The van der Waals surface area contributed by atoms with Gasteiger partial charge in [0.2, 0.25) is 0 Å². The van der Waals surface area contributed by atoms with E-state index in [0.717, 1.165) is 12.8 Å². The summed E-state index contributed by atoms with van der Waals surface area (Å²) in [5.74, 6) is 0.189. The highest BCUT2D eigenvalue weighted by atomic mass is 32.2. The van der Waals surface area contributed by atoms with E-state index in [4.69, 9.17) is 14.0 Å². The number of hydrogen-bond acceptors (Lipinski definition) is 4. The first-order valence-electron chi connectivity index (χ1n) is 6.41. The molecule has 0 bridgehead atoms. The van der Waals surface area contributed by atoms with Crippen LogP contribution in [0.5, 0.6) is 0 Å². The van der Waals surface area contributed by atoms with E-state index >= 15 is 0 Å². The van der Waals surface area contributed by atoms with Crippen LogP contribution in [0.4, 0.5) is 4.79 Å². The molecule has 1 aliphatic rings. The van der Waals surface area contributed by atoms with Crippen molar-refractivity contribution in [3.8, 4) is 0 Å². The molecule has 7 heteroatoms. The standard InChI is InChI=1S/C12H23NO5S/c1-12(2,3)18-11(14)13-6-4-10(5-7-13)8-17-9-19(15)16/h10H,4-9H2,1-3H3,(H,15,16). The molecule has 1 rings (SSSR count). The molecule has 1 atom stereocenters. The normalized spacial score (nSPS) is 19.3. The van der Waals surface area contributed by atoms with E-state index in [9.17, 15) is 9.00 Å². The number of carbonyl (C=O) groups is 1. The number of hydrogen-bond donors (Lipinski definition) is 1. The number of carbonyl (C=O) groups excluding carboxylic acids is 1. The smallest absolute Gasteiger partial charge is 0.410 e. The maximum atomic E-state index is 11.8. The molecule has 0 aliphatic carbocycles. The highest BCUT2D eigenvalue weighted by Crippen LogP contribution is 2.19. The molecule has 1 amide bonds. The van der Waals surface area contributed by atoms with E-state index < -0.39 is 16.7 Å². The molecule has 0 aromatic carbocycles. The summed E-state index contributed by atoms with van der Waals surface area (Å²) in [6.07, 6.45) is 1.39. The van der Waals surface area contributed by atoms with E-state index in [1.165, 1.54) is 0 Å². The van der Waals surface area contributed by atoms with Crippen molar-refractivity contribution in [1.82, 2.24) is 4.90 Å². The Hall–Kier alpha value is -0.660. The van der Waals surface area contributed by atoms with Crippen LogP contribution in [0, 0.1) is 5.92 Å². The summed E-state index contributed by atoms with van der Waals surface area (Å²) in [5, 5.41) is 0. The van der Waals surface area contributed by atoms with Gasteiger partial charge in [-0.2, -0.15) is 0 Å². The van der Waals surface area contributed by atoms with Gasteiger partial charge in [0.05, 0.1) is 6.61 Å². The van der Waals surface area contributed by atoms with Crippen molar-refractivity contribution in [3.63, 3.8) is 0 Å². The molecule has 0 saturated carbocycles. The molecule has 1 unspecified atom stereocenters. The van der Waals surface area contributed by atoms with Gasteiger partial charge in [0, 0.05) is 13.1 Å². The van der Waals surface area contributed by atoms with Gasteiger partial charge < -0.3 is 18.9 Å². The summed E-state index contributed by atoms with van der Waals surface area (Å²) in [5.41, 5.74) is -0.470. The van der Waals surface area contributed by atoms with Crippen LogP contribution in [-0.4, -0.2) is 51.0 Å². The van der Waals surface area contributed by atoms with Crippen molar-refractivity contribution in [1.29, 1.82) is 0 Å². The van der Waals surface area contributed by atoms with Gasteiger partial charge in [0.1, 0.15) is 11.5 Å². The van der Waals surface area contributed by atoms with E-state index in [2.05, 4.69) is 0 Å². The van der Waals surface area contributed by atoms with E-state index in [1.54, 1.807) is 4.90 Å². The first-order chi connectivity index (χ1) is 8.78. The van der Waals surface area contributed by atoms with E-state index in [1.807, 2.05) is 20.8 Å². The number of rotatable bonds is 4. The second-order valence-corrected chi connectivity index (χ2v) is 6.60. The Kier molecular flexibility index (Phi) is 6.22. The van der Waals surface area contributed by atoms with Crippen molar-refractivity contribution in [2.75, 3.05) is 25.6 Å². The monoisotopic (exact) mass is 293 g/mol. The molecule has 1 heterocycles. The van der Waals surface area contributed by atoms with Crippen LogP contribution in [0.3, 0.4) is 0 Å². The zero-order valence-electron chi connectivity index (χ0n) is 11.8. The number of nitrogens with zero attached hydrogens (tertiary/aromatic N) is 1. The van der Waals surface area contributed by atoms with Crippen LogP contribution >= 0.6 is 0 Å². The molecular weight excluding hydrogens is 270 g/mol. The Morgan fingerprint density at radius 2 is 1.95 bits per heavy atom. The second-order valence-electron chi connectivity index (χ2n) is 5.72. The van der Waals surface area contributed by atoms with Crippen molar-refractivity contribution in [2.24, 2.45) is 5.92 Å². The average molecular weight is 293 g/mol. The maximum Gasteiger partial charge on any atom is 0.410 e. The lowest BCUT2D eigenvalue weighted by Crippen LogP contribution is -2.42. The van der Waals surface area contributed by atoms with Gasteiger partial charge in [-0.1, -0.05) is 0 Å². The third kappa shape index (κ3) is 6.89. The minimum absolute atomic E-state index is 0.147. The lowest BCUT2D eigenvalue weighted by atomic mass is 9.98. The van der Waals surface area contributed by atoms with Crippen LogP contribution in [0.1, 0.15) is 33.6 Å². The summed E-state index contributed by atoms with van der Waals surface area (Å²) in [7, 11) is 0. The van der Waals surface area contributed by atoms with Crippen molar-refractivity contribution < 1.29 is 23.0 Å². The second kappa shape index (κ2) is 7.21. The topological polar surface area (TPSA) is 76.1 Å². The lowest BCUT2D eigenvalue weighted by Gasteiger charge is -2.33. The zero-order valence-corrected chi connectivity index (χ0v) is 12.6. The maximum absolute atomic E-state index is 11.8. The average Bonchev–Trinajstić information content (AvgIpc) is 2.27. The fourth-order valence-corrected chi connectivity index (χ4v) is 2.13. The van der Waals surface area contributed by atoms with E-state index in [0.29, 0.717) is 25.6 Å². The third-order valence-electron chi connectivity index (χ3n) is 2.80. The van der Waals surface area contributed by atoms with Crippen LogP contribution in [0.2, 0.25) is 0 Å². The van der Waals surface area contributed by atoms with Crippen LogP contribution in [-0.2, 0) is 20.6 Å². The Morgan fingerprint density at radius 3 is 2.42 bits per heavy atom. The van der Waals surface area contributed by atoms with Gasteiger partial charge in [0.25, 0.3) is 0 Å². The summed E-state index contributed by atoms with van der Waals surface area (Å²) in [6.45, 7) is 7.30. The molecule has 0 aromatic heterocycles. The third-order valence-corrected chi connectivity index (χ3v) is 3.17. The van der Waals surface area contributed by atoms with Crippen LogP contribution < -0.4 is 0 Å². The first-order valence-corrected chi connectivity index (χ1v) is 7.68. The van der Waals surface area contributed by atoms with Gasteiger partial charge in [-0.05, 0) is 39.5 Å². The quantitative estimate of drug-likeness (QED) is 0.800. The zero-order chi connectivity index (χ0) is 14.5. The Bertz CT molecular complexity index is 321. The highest BCUT2D eigenvalue weighted by Gasteiger charge is 2.26. The predicted molar refractivity (Wildman–Crippen MR) is 72.1 cm³/mol. The minimum atomic E-state index is -1.90. The molecule has 19 heavy (non-hydrogen) atoms. The summed E-state index contributed by atoms with van der Waals surface area (Å²) in [6, 6.07) is 0. The molecular formula is C12H23NO5S. The molecule has 1 fully saturated rings. The largest absolute Gasteiger partial charge is 0.444 e. The van der Waals surface area contributed by atoms with Crippen molar-refractivity contribution in [2.45, 2.75) is 39.2 Å². The predicted octanol–water partition coefficient (Wildman–Crippen LogP) is 1.83. The Labute approximate surface area is 116 Å². The molecule has 0 spiro atoms. The van der Waals surface area contributed by atoms with Gasteiger partial charge in [-0.15, -0.1) is 0 Å². The van der Waals surface area contributed by atoms with Gasteiger partial charge in [-0.25, -0.2) is 9.00 Å². The summed E-state index contributed by atoms with van der Waals surface area (Å²) in [4.78, 5) is 13.5. The van der Waals surface area contributed by atoms with Gasteiger partial charge >= 0.3 is 6.09 Å². The lowest BCUT2D eigenvalue weighted by molar-refractivity contribution is 0.0137. The number of ether oxygens (including phenoxy) is 2. The number of likely N-dealkylation sites (tertiary alicyclic amines) is 1. The number of piperidine rings is 1. The van der Waals surface area contributed by atoms with Crippen LogP contribution in [0.15, 0.2) is 0 Å². The fraction of sp³-hybridized carbons (Fsp3) is 0.917. The minimum Gasteiger partial charge on any atom is -0.444 e. The Morgan fingerprint density at radius 1 is 1.37 bits per heavy atom. The van der Waals surface area contributed by atoms with E-state index in [-0.39, 0.29) is 12.0 Å². The molecule has 112 valence electrons. The molecule has 1 aliphatic heterocycles. The summed E-state index contributed by atoms with van der Waals surface area (Å²) < 4.78 is 29.4. The van der Waals surface area contributed by atoms with Crippen LogP contribution in [0.25, 0.3) is 0 Å². The first kappa shape index (κ1) is 16.4.